The molecule has 0 spiro atoms. The van der Waals surface area contributed by atoms with E-state index in [-0.39, 0.29) is 18.9 Å². The van der Waals surface area contributed by atoms with Gasteiger partial charge in [-0.3, -0.25) is 19.4 Å². The normalized spacial score (nSPS) is 22.7. The fourth-order valence-electron chi connectivity index (χ4n) is 3.93. The Labute approximate surface area is 173 Å². The lowest BCUT2D eigenvalue weighted by atomic mass is 10.1. The van der Waals surface area contributed by atoms with Gasteiger partial charge in [0.25, 0.3) is 5.91 Å². The first kappa shape index (κ1) is 19.7. The molecule has 3 heterocycles. The molecule has 10 nitrogen and oxygen atoms in total. The van der Waals surface area contributed by atoms with Crippen molar-refractivity contribution >= 4 is 29.6 Å². The highest BCUT2D eigenvalue weighted by Crippen LogP contribution is 2.37. The minimum absolute atomic E-state index is 0.0383. The predicted molar refractivity (Wildman–Crippen MR) is 108 cm³/mol. The van der Waals surface area contributed by atoms with E-state index in [1.807, 2.05) is 42.3 Å². The van der Waals surface area contributed by atoms with Gasteiger partial charge in [0, 0.05) is 31.6 Å². The molecular formula is C20H23N5O5. The van der Waals surface area contributed by atoms with Crippen molar-refractivity contribution in [3.05, 3.63) is 36.2 Å². The molecule has 30 heavy (non-hydrogen) atoms. The zero-order valence-corrected chi connectivity index (χ0v) is 17.2. The molecule has 0 aromatic heterocycles. The molecule has 0 saturated carbocycles. The van der Waals surface area contributed by atoms with Crippen molar-refractivity contribution in [2.75, 3.05) is 32.7 Å². The minimum atomic E-state index is -0.689. The quantitative estimate of drug-likeness (QED) is 0.670. The molecule has 1 fully saturated rings. The summed E-state index contributed by atoms with van der Waals surface area (Å²) in [6.07, 6.45) is 1.15. The number of urea groups is 1. The summed E-state index contributed by atoms with van der Waals surface area (Å²) in [7, 11) is 4.48. The van der Waals surface area contributed by atoms with Crippen molar-refractivity contribution in [1.82, 2.24) is 14.7 Å². The van der Waals surface area contributed by atoms with E-state index >= 15 is 0 Å². The number of imide groups is 1. The third-order valence-electron chi connectivity index (χ3n) is 5.47. The SMILES string of the molecule is COC(=O)CCN1C(=O)C2C(N=C3N(c4cccc(OC)c4)C(C)=CN32)N(C)C1=O. The number of amides is 3. The first-order valence-corrected chi connectivity index (χ1v) is 9.51. The first-order chi connectivity index (χ1) is 14.4. The summed E-state index contributed by atoms with van der Waals surface area (Å²) in [5, 5.41) is 0. The van der Waals surface area contributed by atoms with Gasteiger partial charge in [-0.05, 0) is 19.1 Å². The number of carbonyl (C=O) groups excluding carboxylic acids is 3. The van der Waals surface area contributed by atoms with E-state index in [0.717, 1.165) is 16.3 Å². The third kappa shape index (κ3) is 2.95. The molecular weight excluding hydrogens is 390 g/mol. The summed E-state index contributed by atoms with van der Waals surface area (Å²) in [4.78, 5) is 48.4. The number of esters is 1. The van der Waals surface area contributed by atoms with Crippen LogP contribution in [0.5, 0.6) is 5.75 Å². The summed E-state index contributed by atoms with van der Waals surface area (Å²) in [6.45, 7) is 1.88. The molecule has 3 aliphatic rings. The second-order valence-electron chi connectivity index (χ2n) is 7.21. The van der Waals surface area contributed by atoms with Gasteiger partial charge in [0.15, 0.2) is 12.2 Å². The highest BCUT2D eigenvalue weighted by molar-refractivity contribution is 6.10. The van der Waals surface area contributed by atoms with Crippen LogP contribution in [0.1, 0.15) is 13.3 Å². The lowest BCUT2D eigenvalue weighted by Crippen LogP contribution is -2.64. The number of likely N-dealkylation sites (N-methyl/N-ethyl adjacent to an activating group) is 1. The van der Waals surface area contributed by atoms with E-state index < -0.39 is 24.2 Å². The number of allylic oxidation sites excluding steroid dienone is 1. The van der Waals surface area contributed by atoms with Gasteiger partial charge < -0.3 is 19.3 Å². The Hall–Kier alpha value is -3.56. The lowest BCUT2D eigenvalue weighted by Gasteiger charge is -2.40. The van der Waals surface area contributed by atoms with Gasteiger partial charge in [0.2, 0.25) is 5.96 Å². The minimum Gasteiger partial charge on any atom is -0.497 e. The Morgan fingerprint density at radius 2 is 2.00 bits per heavy atom. The fraction of sp³-hybridized carbons (Fsp3) is 0.400. The molecule has 1 aromatic carbocycles. The van der Waals surface area contributed by atoms with Crippen LogP contribution in [0.2, 0.25) is 0 Å². The van der Waals surface area contributed by atoms with Crippen LogP contribution in [0.25, 0.3) is 0 Å². The highest BCUT2D eigenvalue weighted by Gasteiger charge is 2.54. The van der Waals surface area contributed by atoms with E-state index in [2.05, 4.69) is 4.74 Å². The number of ether oxygens (including phenoxy) is 2. The number of aliphatic imine (C=N–C) groups is 1. The molecule has 4 rings (SSSR count). The Morgan fingerprint density at radius 1 is 1.23 bits per heavy atom. The number of nitrogens with zero attached hydrogens (tertiary/aromatic N) is 5. The van der Waals surface area contributed by atoms with Gasteiger partial charge in [-0.2, -0.15) is 0 Å². The summed E-state index contributed by atoms with van der Waals surface area (Å²) in [6, 6.07) is 6.36. The maximum atomic E-state index is 13.2. The molecule has 0 bridgehead atoms. The summed E-state index contributed by atoms with van der Waals surface area (Å²) in [5.41, 5.74) is 1.72. The Kier molecular flexibility index (Phi) is 4.84. The van der Waals surface area contributed by atoms with Crippen LogP contribution in [0.15, 0.2) is 41.2 Å². The molecule has 158 valence electrons. The van der Waals surface area contributed by atoms with Crippen molar-refractivity contribution in [2.45, 2.75) is 25.6 Å². The molecule has 1 aromatic rings. The van der Waals surface area contributed by atoms with Crippen LogP contribution >= 0.6 is 0 Å². The Morgan fingerprint density at radius 3 is 2.70 bits per heavy atom. The number of anilines is 1. The van der Waals surface area contributed by atoms with E-state index in [1.165, 1.54) is 12.0 Å². The molecule has 2 atom stereocenters. The van der Waals surface area contributed by atoms with Crippen LogP contribution in [-0.2, 0) is 14.3 Å². The second kappa shape index (κ2) is 7.36. The van der Waals surface area contributed by atoms with Crippen LogP contribution in [0, 0.1) is 0 Å². The second-order valence-corrected chi connectivity index (χ2v) is 7.21. The summed E-state index contributed by atoms with van der Waals surface area (Å²) in [5.74, 6) is 0.401. The molecule has 0 aliphatic carbocycles. The van der Waals surface area contributed by atoms with E-state index in [0.29, 0.717) is 11.7 Å². The number of rotatable bonds is 5. The maximum Gasteiger partial charge on any atom is 0.328 e. The van der Waals surface area contributed by atoms with Gasteiger partial charge in [-0.15, -0.1) is 0 Å². The standard InChI is InChI=1S/C20H23N5O5/c1-12-11-24-16-17(21-19(24)25(12)13-6-5-7-14(10-13)29-3)22(2)20(28)23(18(16)27)9-8-15(26)30-4/h5-7,10-11,16-17H,8-9H2,1-4H3. The molecule has 10 heteroatoms. The van der Waals surface area contributed by atoms with Crippen molar-refractivity contribution < 1.29 is 23.9 Å². The Bertz CT molecular complexity index is 974. The maximum absolute atomic E-state index is 13.2. The highest BCUT2D eigenvalue weighted by atomic mass is 16.5. The number of methoxy groups -OCH3 is 2. The smallest absolute Gasteiger partial charge is 0.328 e. The van der Waals surface area contributed by atoms with Crippen LogP contribution in [-0.4, -0.2) is 78.6 Å². The van der Waals surface area contributed by atoms with E-state index in [9.17, 15) is 14.4 Å². The van der Waals surface area contributed by atoms with Gasteiger partial charge in [-0.1, -0.05) is 6.07 Å². The van der Waals surface area contributed by atoms with E-state index in [4.69, 9.17) is 9.73 Å². The van der Waals surface area contributed by atoms with Crippen molar-refractivity contribution in [1.29, 1.82) is 0 Å². The van der Waals surface area contributed by atoms with E-state index in [1.54, 1.807) is 19.1 Å². The topological polar surface area (TPSA) is 95.0 Å². The number of hydrogen-bond acceptors (Lipinski definition) is 8. The number of hydrogen-bond donors (Lipinski definition) is 0. The van der Waals surface area contributed by atoms with Crippen LogP contribution < -0.4 is 9.64 Å². The molecule has 0 radical (unpaired) electrons. The van der Waals surface area contributed by atoms with Crippen molar-refractivity contribution in [3.8, 4) is 5.75 Å². The summed E-state index contributed by atoms with van der Waals surface area (Å²) < 4.78 is 9.95. The van der Waals surface area contributed by atoms with Gasteiger partial charge >= 0.3 is 12.0 Å². The largest absolute Gasteiger partial charge is 0.497 e. The molecule has 3 aliphatic heterocycles. The lowest BCUT2D eigenvalue weighted by molar-refractivity contribution is -0.142. The summed E-state index contributed by atoms with van der Waals surface area (Å²) >= 11 is 0. The number of fused-ring (bicyclic) bond motifs is 3. The van der Waals surface area contributed by atoms with Crippen molar-refractivity contribution in [3.63, 3.8) is 0 Å². The molecule has 0 N–H and O–H groups in total. The average Bonchev–Trinajstić information content (AvgIpc) is 3.26. The van der Waals surface area contributed by atoms with Gasteiger partial charge in [0.05, 0.1) is 26.3 Å². The zero-order valence-electron chi connectivity index (χ0n) is 17.2. The van der Waals surface area contributed by atoms with Crippen molar-refractivity contribution in [2.24, 2.45) is 4.99 Å². The first-order valence-electron chi connectivity index (χ1n) is 9.51. The predicted octanol–water partition coefficient (Wildman–Crippen LogP) is 1.20. The number of carbonyl (C=O) groups is 3. The Balaban J connectivity index is 1.64. The van der Waals surface area contributed by atoms with Crippen LogP contribution in [0.4, 0.5) is 10.5 Å². The average molecular weight is 413 g/mol. The molecule has 2 unspecified atom stereocenters. The van der Waals surface area contributed by atoms with Gasteiger partial charge in [0.1, 0.15) is 5.75 Å². The monoisotopic (exact) mass is 413 g/mol. The number of benzene rings is 1. The zero-order chi connectivity index (χ0) is 21.6. The fourth-order valence-corrected chi connectivity index (χ4v) is 3.93. The molecule has 3 amide bonds. The number of guanidine groups is 1. The third-order valence-corrected chi connectivity index (χ3v) is 5.47. The van der Waals surface area contributed by atoms with Gasteiger partial charge in [-0.25, -0.2) is 9.79 Å². The molecule has 1 saturated heterocycles. The van der Waals surface area contributed by atoms with Crippen LogP contribution in [0.3, 0.4) is 0 Å².